The number of esters is 1. The highest BCUT2D eigenvalue weighted by molar-refractivity contribution is 14.1. The predicted molar refractivity (Wildman–Crippen MR) is 92.5 cm³/mol. The molecule has 116 valence electrons. The summed E-state index contributed by atoms with van der Waals surface area (Å²) in [7, 11) is 0. The molecule has 0 aromatic heterocycles. The van der Waals surface area contributed by atoms with Crippen LogP contribution in [0.2, 0.25) is 0 Å². The van der Waals surface area contributed by atoms with Gasteiger partial charge in [-0.2, -0.15) is 5.06 Å². The van der Waals surface area contributed by atoms with E-state index in [0.29, 0.717) is 12.0 Å². The Morgan fingerprint density at radius 3 is 2.57 bits per heavy atom. The lowest BCUT2D eigenvalue weighted by Crippen LogP contribution is -2.49. The number of carbonyl (C=O) groups is 1. The second-order valence-electron chi connectivity index (χ2n) is 6.50. The van der Waals surface area contributed by atoms with Crippen molar-refractivity contribution in [2.75, 3.05) is 0 Å². The van der Waals surface area contributed by atoms with Gasteiger partial charge in [-0.1, -0.05) is 15.9 Å². The fourth-order valence-electron chi connectivity index (χ4n) is 2.74. The van der Waals surface area contributed by atoms with Gasteiger partial charge in [0.05, 0.1) is 11.1 Å². The molecule has 1 saturated heterocycles. The molecule has 0 aliphatic carbocycles. The van der Waals surface area contributed by atoms with E-state index in [0.717, 1.165) is 8.04 Å². The number of nitrogens with zero attached hydrogens (tertiary/aromatic N) is 1. The molecular weight excluding hydrogens is 449 g/mol. The largest absolute Gasteiger partial charge is 0.457 e. The summed E-state index contributed by atoms with van der Waals surface area (Å²) in [6.45, 7) is 7.63. The highest BCUT2D eigenvalue weighted by atomic mass is 127. The fraction of sp³-hybridized carbons (Fsp3) is 0.533. The monoisotopic (exact) mass is 467 g/mol. The van der Waals surface area contributed by atoms with Crippen LogP contribution in [0.4, 0.5) is 0 Å². The highest BCUT2D eigenvalue weighted by Crippen LogP contribution is 2.41. The first-order chi connectivity index (χ1) is 9.55. The van der Waals surface area contributed by atoms with Crippen LogP contribution in [-0.4, -0.2) is 33.4 Å². The smallest absolute Gasteiger partial charge is 0.339 e. The zero-order chi connectivity index (χ0) is 16.0. The molecule has 1 unspecified atom stereocenters. The summed E-state index contributed by atoms with van der Waals surface area (Å²) < 4.78 is 7.37. The number of carbonyl (C=O) groups excluding carboxylic acids is 1. The molecule has 0 spiro atoms. The van der Waals surface area contributed by atoms with Crippen molar-refractivity contribution in [3.8, 4) is 0 Å². The minimum Gasteiger partial charge on any atom is -0.457 e. The van der Waals surface area contributed by atoms with E-state index in [9.17, 15) is 10.0 Å². The van der Waals surface area contributed by atoms with Crippen LogP contribution in [-0.2, 0) is 4.74 Å². The molecule has 1 aliphatic rings. The normalized spacial score (nSPS) is 24.0. The van der Waals surface area contributed by atoms with Crippen LogP contribution in [0.5, 0.6) is 0 Å². The Hall–Kier alpha value is -0.180. The number of rotatable bonds is 2. The first-order valence-corrected chi connectivity index (χ1v) is 8.58. The molecule has 1 atom stereocenters. The maximum atomic E-state index is 12.4. The predicted octanol–water partition coefficient (Wildman–Crippen LogP) is 4.23. The number of hydrogen-bond acceptors (Lipinski definition) is 4. The van der Waals surface area contributed by atoms with E-state index >= 15 is 0 Å². The minimum atomic E-state index is -0.614. The third-order valence-electron chi connectivity index (χ3n) is 3.99. The molecule has 1 heterocycles. The Labute approximate surface area is 147 Å². The standard InChI is InChI=1S/C15H19BrINO3/c1-14(2)8-12(15(3,4)18(14)20)21-13(19)10-7-9(16)5-6-11(10)17/h5-7,12,20H,8H2,1-4H3. The molecule has 1 fully saturated rings. The van der Waals surface area contributed by atoms with Gasteiger partial charge in [-0.25, -0.2) is 4.79 Å². The quantitative estimate of drug-likeness (QED) is 0.522. The van der Waals surface area contributed by atoms with Crippen molar-refractivity contribution in [1.82, 2.24) is 5.06 Å². The first kappa shape index (κ1) is 17.2. The zero-order valence-corrected chi connectivity index (χ0v) is 16.2. The fourth-order valence-corrected chi connectivity index (χ4v) is 3.66. The van der Waals surface area contributed by atoms with Gasteiger partial charge in [0.15, 0.2) is 0 Å². The molecule has 4 nitrogen and oxygen atoms in total. The van der Waals surface area contributed by atoms with Crippen molar-refractivity contribution < 1.29 is 14.7 Å². The molecule has 1 aromatic rings. The van der Waals surface area contributed by atoms with Gasteiger partial charge in [0.25, 0.3) is 0 Å². The summed E-state index contributed by atoms with van der Waals surface area (Å²) in [5, 5.41) is 11.6. The number of benzene rings is 1. The van der Waals surface area contributed by atoms with Crippen LogP contribution in [0.3, 0.4) is 0 Å². The maximum absolute atomic E-state index is 12.4. The number of hydroxylamine groups is 2. The Morgan fingerprint density at radius 1 is 1.43 bits per heavy atom. The lowest BCUT2D eigenvalue weighted by atomic mass is 9.97. The molecule has 1 aromatic carbocycles. The van der Waals surface area contributed by atoms with Crippen molar-refractivity contribution in [2.24, 2.45) is 0 Å². The first-order valence-electron chi connectivity index (χ1n) is 6.71. The van der Waals surface area contributed by atoms with Gasteiger partial charge in [0.1, 0.15) is 6.10 Å². The number of ether oxygens (including phenoxy) is 1. The van der Waals surface area contributed by atoms with E-state index in [-0.39, 0.29) is 12.1 Å². The maximum Gasteiger partial charge on any atom is 0.339 e. The summed E-state index contributed by atoms with van der Waals surface area (Å²) in [6, 6.07) is 5.51. The molecule has 21 heavy (non-hydrogen) atoms. The molecule has 0 amide bonds. The minimum absolute atomic E-state index is 0.357. The molecule has 0 radical (unpaired) electrons. The van der Waals surface area contributed by atoms with Gasteiger partial charge < -0.3 is 9.94 Å². The van der Waals surface area contributed by atoms with Crippen molar-refractivity contribution in [3.05, 3.63) is 31.8 Å². The molecular formula is C15H19BrINO3. The Balaban J connectivity index is 2.22. The Kier molecular flexibility index (Phi) is 4.74. The molecule has 6 heteroatoms. The van der Waals surface area contributed by atoms with Crippen molar-refractivity contribution in [2.45, 2.75) is 51.3 Å². The van der Waals surface area contributed by atoms with Crippen molar-refractivity contribution >= 4 is 44.5 Å². The SMILES string of the molecule is CC1(C)CC(OC(=O)c2cc(Br)ccc2I)C(C)(C)N1O. The van der Waals surface area contributed by atoms with E-state index in [1.807, 2.05) is 39.8 Å². The van der Waals surface area contributed by atoms with Gasteiger partial charge in [-0.05, 0) is 68.5 Å². The van der Waals surface area contributed by atoms with Crippen LogP contribution in [0.25, 0.3) is 0 Å². The third kappa shape index (κ3) is 3.28. The molecule has 1 N–H and O–H groups in total. The van der Waals surface area contributed by atoms with Gasteiger partial charge >= 0.3 is 5.97 Å². The Morgan fingerprint density at radius 2 is 2.05 bits per heavy atom. The topological polar surface area (TPSA) is 49.8 Å². The van der Waals surface area contributed by atoms with Crippen molar-refractivity contribution in [1.29, 1.82) is 0 Å². The second-order valence-corrected chi connectivity index (χ2v) is 8.58. The average Bonchev–Trinajstić information content (AvgIpc) is 2.53. The number of halogens is 2. The van der Waals surface area contributed by atoms with E-state index in [4.69, 9.17) is 4.74 Å². The van der Waals surface area contributed by atoms with Crippen LogP contribution in [0.15, 0.2) is 22.7 Å². The van der Waals surface area contributed by atoms with Gasteiger partial charge in [0.2, 0.25) is 0 Å². The van der Waals surface area contributed by atoms with Crippen LogP contribution in [0.1, 0.15) is 44.5 Å². The Bertz CT molecular complexity index is 574. The summed E-state index contributed by atoms with van der Waals surface area (Å²) in [5.74, 6) is -0.357. The van der Waals surface area contributed by atoms with E-state index in [1.165, 1.54) is 5.06 Å². The second kappa shape index (κ2) is 5.79. The summed E-state index contributed by atoms with van der Waals surface area (Å²) >= 11 is 5.49. The molecule has 0 bridgehead atoms. The average molecular weight is 468 g/mol. The van der Waals surface area contributed by atoms with Gasteiger partial charge in [0, 0.05) is 20.0 Å². The van der Waals surface area contributed by atoms with Gasteiger partial charge in [-0.3, -0.25) is 0 Å². The van der Waals surface area contributed by atoms with Crippen LogP contribution in [0, 0.1) is 3.57 Å². The lowest BCUT2D eigenvalue weighted by molar-refractivity contribution is -0.201. The number of hydrogen-bond donors (Lipinski definition) is 1. The summed E-state index contributed by atoms with van der Waals surface area (Å²) in [4.78, 5) is 12.4. The van der Waals surface area contributed by atoms with E-state index in [2.05, 4.69) is 38.5 Å². The lowest BCUT2D eigenvalue weighted by Gasteiger charge is -2.35. The molecule has 1 aliphatic heterocycles. The molecule has 0 saturated carbocycles. The molecule has 2 rings (SSSR count). The zero-order valence-electron chi connectivity index (χ0n) is 12.5. The van der Waals surface area contributed by atoms with E-state index < -0.39 is 11.1 Å². The summed E-state index contributed by atoms with van der Waals surface area (Å²) in [6.07, 6.45) is 0.229. The van der Waals surface area contributed by atoms with Gasteiger partial charge in [-0.15, -0.1) is 0 Å². The highest BCUT2D eigenvalue weighted by Gasteiger charge is 2.53. The van der Waals surface area contributed by atoms with Crippen LogP contribution < -0.4 is 0 Å². The third-order valence-corrected chi connectivity index (χ3v) is 5.42. The van der Waals surface area contributed by atoms with E-state index in [1.54, 1.807) is 6.07 Å². The van der Waals surface area contributed by atoms with Crippen LogP contribution >= 0.6 is 38.5 Å². The van der Waals surface area contributed by atoms with Crippen molar-refractivity contribution in [3.63, 3.8) is 0 Å². The summed E-state index contributed by atoms with van der Waals surface area (Å²) in [5.41, 5.74) is -0.495.